The van der Waals surface area contributed by atoms with Gasteiger partial charge in [-0.05, 0) is 78.1 Å². The van der Waals surface area contributed by atoms with E-state index in [1.54, 1.807) is 36.5 Å². The third-order valence-corrected chi connectivity index (χ3v) is 11.2. The Kier molecular flexibility index (Phi) is 12.1. The Balaban J connectivity index is 1.34. The molecule has 1 unspecified atom stereocenters. The van der Waals surface area contributed by atoms with Crippen molar-refractivity contribution in [3.05, 3.63) is 108 Å². The van der Waals surface area contributed by atoms with Crippen molar-refractivity contribution in [2.45, 2.75) is 82.5 Å². The number of hydrogen-bond donors (Lipinski definition) is 4. The summed E-state index contributed by atoms with van der Waals surface area (Å²) >= 11 is 0. The number of carbonyl (C=O) groups excluding carboxylic acids is 2. The first-order valence-corrected chi connectivity index (χ1v) is 19.2. The van der Waals surface area contributed by atoms with E-state index >= 15 is 0 Å². The first-order valence-electron chi connectivity index (χ1n) is 17.8. The number of pyridine rings is 1. The molecule has 1 aliphatic rings. The van der Waals surface area contributed by atoms with Crippen molar-refractivity contribution in [2.75, 3.05) is 19.6 Å². The van der Waals surface area contributed by atoms with Crippen LogP contribution in [-0.2, 0) is 31.6 Å². The van der Waals surface area contributed by atoms with Gasteiger partial charge < -0.3 is 15.7 Å². The highest BCUT2D eigenvalue weighted by Gasteiger charge is 2.45. The topological polar surface area (TPSA) is 141 Å². The Labute approximate surface area is 306 Å². The fraction of sp³-hybridized carbons (Fsp3) is 0.425. The first-order chi connectivity index (χ1) is 24.6. The Hall–Kier alpha value is -4.23. The van der Waals surface area contributed by atoms with Gasteiger partial charge in [0.05, 0.1) is 29.1 Å². The fourth-order valence-electron chi connectivity index (χ4n) is 6.41. The van der Waals surface area contributed by atoms with Crippen LogP contribution in [0.2, 0.25) is 0 Å². The number of benzene rings is 3. The molecule has 0 aliphatic heterocycles. The summed E-state index contributed by atoms with van der Waals surface area (Å²) in [4.78, 5) is 31.8. The molecule has 1 saturated carbocycles. The summed E-state index contributed by atoms with van der Waals surface area (Å²) in [5.41, 5.74) is 1.06. The van der Waals surface area contributed by atoms with Gasteiger partial charge >= 0.3 is 0 Å². The second-order valence-electron chi connectivity index (χ2n) is 15.3. The van der Waals surface area contributed by atoms with E-state index in [-0.39, 0.29) is 42.7 Å². The number of hydrogen-bond acceptors (Lipinski definition) is 7. The van der Waals surface area contributed by atoms with Gasteiger partial charge in [0.2, 0.25) is 21.8 Å². The van der Waals surface area contributed by atoms with E-state index in [1.807, 2.05) is 71.0 Å². The lowest BCUT2D eigenvalue weighted by Gasteiger charge is -2.34. The summed E-state index contributed by atoms with van der Waals surface area (Å²) in [5.74, 6) is -1.32. The maximum Gasteiger partial charge on any atom is 0.243 e. The number of aliphatic hydroxyl groups is 1. The van der Waals surface area contributed by atoms with Crippen LogP contribution in [0.15, 0.2) is 96.0 Å². The number of fused-ring (bicyclic) bond motifs is 1. The number of nitrogens with zero attached hydrogens (tertiary/aromatic N) is 2. The molecule has 278 valence electrons. The van der Waals surface area contributed by atoms with Crippen molar-refractivity contribution < 1.29 is 27.5 Å². The monoisotopic (exact) mass is 731 g/mol. The van der Waals surface area contributed by atoms with Crippen LogP contribution < -0.4 is 16.0 Å². The molecular formula is C40H50FN5O5S. The van der Waals surface area contributed by atoms with Crippen molar-refractivity contribution in [3.8, 4) is 0 Å². The summed E-state index contributed by atoms with van der Waals surface area (Å²) in [7, 11) is -4.06. The lowest BCUT2D eigenvalue weighted by atomic mass is 9.85. The summed E-state index contributed by atoms with van der Waals surface area (Å²) in [5, 5.41) is 21.6. The van der Waals surface area contributed by atoms with Gasteiger partial charge in [0.15, 0.2) is 0 Å². The van der Waals surface area contributed by atoms with E-state index in [9.17, 15) is 27.5 Å². The Bertz CT molecular complexity index is 1960. The molecule has 52 heavy (non-hydrogen) atoms. The Morgan fingerprint density at radius 3 is 2.33 bits per heavy atom. The highest BCUT2D eigenvalue weighted by atomic mass is 32.2. The number of nitrogens with one attached hydrogen (secondary N) is 3. The van der Waals surface area contributed by atoms with Crippen LogP contribution in [0.3, 0.4) is 0 Å². The normalized spacial score (nSPS) is 16.0. The Morgan fingerprint density at radius 1 is 0.942 bits per heavy atom. The van der Waals surface area contributed by atoms with E-state index < -0.39 is 51.0 Å². The van der Waals surface area contributed by atoms with Crippen LogP contribution in [0, 0.1) is 17.2 Å². The van der Waals surface area contributed by atoms with Gasteiger partial charge in [-0.3, -0.25) is 19.9 Å². The second-order valence-corrected chi connectivity index (χ2v) is 17.2. The smallest absolute Gasteiger partial charge is 0.243 e. The van der Waals surface area contributed by atoms with Gasteiger partial charge in [-0.25, -0.2) is 12.8 Å². The minimum Gasteiger partial charge on any atom is -0.390 e. The number of sulfonamides is 1. The fourth-order valence-corrected chi connectivity index (χ4v) is 8.07. The molecule has 1 aliphatic carbocycles. The molecule has 0 radical (unpaired) electrons. The third-order valence-electron chi connectivity index (χ3n) is 9.41. The van der Waals surface area contributed by atoms with Crippen LogP contribution >= 0.6 is 0 Å². The maximum atomic E-state index is 14.1. The molecule has 2 amide bonds. The zero-order valence-corrected chi connectivity index (χ0v) is 31.3. The maximum absolute atomic E-state index is 14.1. The zero-order valence-electron chi connectivity index (χ0n) is 30.5. The molecule has 3 aromatic carbocycles. The molecule has 0 spiro atoms. The molecule has 4 N–H and O–H groups in total. The standard InChI is InChI=1S/C40H50FN5O5S/c1-27(2)25-46(52(50,51)32-16-17-33-29(22-32)13-10-20-42-33)26-35(47)34(21-28-11-7-6-8-12-28)44-38(49)37(39(3,4)5)45-36(48)24-43-40(18-19-40)30-14-9-15-31(41)23-30/h6-17,20,22-23,27,34-35,37,43,47H,18-19,21,24-26H2,1-5H3,(H,44,49)(H,45,48)/t34-,35+,37?/m0/s1. The van der Waals surface area contributed by atoms with Gasteiger partial charge in [0.25, 0.3) is 0 Å². The van der Waals surface area contributed by atoms with Crippen molar-refractivity contribution in [2.24, 2.45) is 11.3 Å². The quantitative estimate of drug-likeness (QED) is 0.128. The molecular weight excluding hydrogens is 682 g/mol. The van der Waals surface area contributed by atoms with Gasteiger partial charge in [0.1, 0.15) is 11.9 Å². The van der Waals surface area contributed by atoms with E-state index in [1.165, 1.54) is 22.5 Å². The molecule has 12 heteroatoms. The number of amides is 2. The molecule has 1 fully saturated rings. The predicted octanol–water partition coefficient (Wildman–Crippen LogP) is 4.92. The largest absolute Gasteiger partial charge is 0.390 e. The highest BCUT2D eigenvalue weighted by molar-refractivity contribution is 7.89. The molecule has 1 heterocycles. The minimum atomic E-state index is -4.06. The van der Waals surface area contributed by atoms with Crippen LogP contribution in [0.1, 0.15) is 58.6 Å². The lowest BCUT2D eigenvalue weighted by Crippen LogP contribution is -2.59. The predicted molar refractivity (Wildman–Crippen MR) is 200 cm³/mol. The summed E-state index contributed by atoms with van der Waals surface area (Å²) in [6.07, 6.45) is 2.07. The van der Waals surface area contributed by atoms with E-state index in [0.29, 0.717) is 10.9 Å². The lowest BCUT2D eigenvalue weighted by molar-refractivity contribution is -0.132. The molecule has 5 rings (SSSR count). The number of aliphatic hydroxyl groups excluding tert-OH is 1. The highest BCUT2D eigenvalue weighted by Crippen LogP contribution is 2.45. The summed E-state index contributed by atoms with van der Waals surface area (Å²) < 4.78 is 43.4. The SMILES string of the molecule is CC(C)CN(C[C@@H](O)[C@H](Cc1ccccc1)NC(=O)C(NC(=O)CNC1(c2cccc(F)c2)CC1)C(C)(C)C)S(=O)(=O)c1ccc2ncccc2c1. The van der Waals surface area contributed by atoms with Gasteiger partial charge in [-0.2, -0.15) is 4.31 Å². The van der Waals surface area contributed by atoms with Crippen LogP contribution in [-0.4, -0.2) is 72.4 Å². The second kappa shape index (κ2) is 16.2. The number of aromatic nitrogens is 1. The number of rotatable bonds is 16. The summed E-state index contributed by atoms with van der Waals surface area (Å²) in [6.45, 7) is 9.08. The molecule has 10 nitrogen and oxygen atoms in total. The van der Waals surface area contributed by atoms with E-state index in [2.05, 4.69) is 20.9 Å². The third kappa shape index (κ3) is 9.80. The molecule has 3 atom stereocenters. The average Bonchev–Trinajstić information content (AvgIpc) is 3.90. The number of halogens is 1. The van der Waals surface area contributed by atoms with Gasteiger partial charge in [-0.1, -0.05) is 83.1 Å². The molecule has 1 aromatic heterocycles. The molecule has 0 bridgehead atoms. The van der Waals surface area contributed by atoms with Crippen LogP contribution in [0.25, 0.3) is 10.9 Å². The van der Waals surface area contributed by atoms with Gasteiger partial charge in [-0.15, -0.1) is 0 Å². The number of carbonyl (C=O) groups is 2. The molecule has 4 aromatic rings. The van der Waals surface area contributed by atoms with E-state index in [4.69, 9.17) is 0 Å². The van der Waals surface area contributed by atoms with E-state index in [0.717, 1.165) is 24.0 Å². The average molecular weight is 732 g/mol. The van der Waals surface area contributed by atoms with Crippen molar-refractivity contribution >= 4 is 32.7 Å². The summed E-state index contributed by atoms with van der Waals surface area (Å²) in [6, 6.07) is 22.0. The zero-order chi connectivity index (χ0) is 37.7. The van der Waals surface area contributed by atoms with Crippen LogP contribution in [0.4, 0.5) is 4.39 Å². The van der Waals surface area contributed by atoms with Crippen molar-refractivity contribution in [3.63, 3.8) is 0 Å². The first kappa shape index (κ1) is 39.0. The van der Waals surface area contributed by atoms with Crippen molar-refractivity contribution in [1.82, 2.24) is 25.2 Å². The van der Waals surface area contributed by atoms with Crippen LogP contribution in [0.5, 0.6) is 0 Å². The molecule has 0 saturated heterocycles. The minimum absolute atomic E-state index is 0.0592. The van der Waals surface area contributed by atoms with Gasteiger partial charge in [0, 0.05) is 30.2 Å². The van der Waals surface area contributed by atoms with Crippen molar-refractivity contribution in [1.29, 1.82) is 0 Å². The Morgan fingerprint density at radius 2 is 1.67 bits per heavy atom.